The monoisotopic (exact) mass is 575 g/mol. The van der Waals surface area contributed by atoms with E-state index in [1.165, 1.54) is 0 Å². The molecule has 0 saturated heterocycles. The first-order valence-corrected chi connectivity index (χ1v) is 13.0. The Balaban J connectivity index is 1.92. The molecule has 0 heterocycles. The van der Waals surface area contributed by atoms with Gasteiger partial charge in [0.25, 0.3) is 15.9 Å². The van der Waals surface area contributed by atoms with Gasteiger partial charge in [0.15, 0.2) is 0 Å². The lowest BCUT2D eigenvalue weighted by Crippen LogP contribution is -2.40. The van der Waals surface area contributed by atoms with Crippen LogP contribution in [0.4, 0.5) is 5.69 Å². The van der Waals surface area contributed by atoms with Crippen LogP contribution in [0.1, 0.15) is 30.5 Å². The van der Waals surface area contributed by atoms with E-state index in [4.69, 9.17) is 0 Å². The Morgan fingerprint density at radius 2 is 1.73 bits per heavy atom. The van der Waals surface area contributed by atoms with Crippen molar-refractivity contribution in [2.45, 2.75) is 32.1 Å². The van der Waals surface area contributed by atoms with Crippen molar-refractivity contribution in [3.05, 3.63) is 93.1 Å². The predicted molar refractivity (Wildman–Crippen MR) is 141 cm³/mol. The molecule has 1 amide bonds. The second-order valence-corrected chi connectivity index (χ2v) is 10.7. The summed E-state index contributed by atoms with van der Waals surface area (Å²) in [5.41, 5.74) is 6.28. The first-order valence-electron chi connectivity index (χ1n) is 10.5. The van der Waals surface area contributed by atoms with Gasteiger partial charge >= 0.3 is 0 Å². The van der Waals surface area contributed by atoms with Crippen LogP contribution in [0.2, 0.25) is 0 Å². The average molecular weight is 575 g/mol. The summed E-state index contributed by atoms with van der Waals surface area (Å²) < 4.78 is 29.3. The Hall–Kier alpha value is -2.72. The minimum Gasteiger partial charge on any atom is -0.271 e. The van der Waals surface area contributed by atoms with E-state index in [-0.39, 0.29) is 4.90 Å². The van der Waals surface area contributed by atoms with Crippen LogP contribution in [-0.4, -0.2) is 26.6 Å². The number of para-hydroxylation sites is 1. The maximum atomic E-state index is 13.6. The van der Waals surface area contributed by atoms with Crippen LogP contribution in [0.25, 0.3) is 0 Å². The molecule has 0 aromatic heterocycles. The molecule has 6 nitrogen and oxygen atoms in total. The van der Waals surface area contributed by atoms with Gasteiger partial charge in [-0.05, 0) is 84.3 Å². The number of nitrogens with zero attached hydrogens (tertiary/aromatic N) is 2. The number of halogens is 1. The molecule has 0 spiro atoms. The number of hydrogen-bond donors (Lipinski definition) is 1. The van der Waals surface area contributed by atoms with Crippen LogP contribution in [0.5, 0.6) is 0 Å². The summed E-state index contributed by atoms with van der Waals surface area (Å²) >= 11 is 2.21. The number of hydrogen-bond acceptors (Lipinski definition) is 4. The van der Waals surface area contributed by atoms with Crippen LogP contribution in [0.3, 0.4) is 0 Å². The zero-order valence-corrected chi connectivity index (χ0v) is 21.7. The van der Waals surface area contributed by atoms with E-state index in [2.05, 4.69) is 33.1 Å². The lowest BCUT2D eigenvalue weighted by atomic mass is 10.1. The number of anilines is 1. The molecular weight excluding hydrogens is 549 g/mol. The largest absolute Gasteiger partial charge is 0.271 e. The second kappa shape index (κ2) is 10.9. The van der Waals surface area contributed by atoms with Crippen molar-refractivity contribution in [1.29, 1.82) is 0 Å². The molecule has 3 aromatic rings. The Bertz CT molecular complexity index is 1270. The fourth-order valence-electron chi connectivity index (χ4n) is 3.28. The summed E-state index contributed by atoms with van der Waals surface area (Å²) in [7, 11) is -3.97. The van der Waals surface area contributed by atoms with E-state index in [0.717, 1.165) is 24.6 Å². The van der Waals surface area contributed by atoms with Crippen molar-refractivity contribution in [2.24, 2.45) is 5.10 Å². The molecule has 172 valence electrons. The number of carbonyl (C=O) groups is 1. The number of aryl methyl sites for hydroxylation is 2. The molecule has 0 aliphatic rings. The Kier molecular flexibility index (Phi) is 8.25. The minimum absolute atomic E-state index is 0.130. The normalized spacial score (nSPS) is 11.8. The summed E-state index contributed by atoms with van der Waals surface area (Å²) in [6.07, 6.45) is 0.627. The predicted octanol–water partition coefficient (Wildman–Crippen LogP) is 4.90. The molecule has 0 aliphatic carbocycles. The van der Waals surface area contributed by atoms with Crippen LogP contribution in [-0.2, 0) is 21.2 Å². The van der Waals surface area contributed by atoms with Gasteiger partial charge in [0.2, 0.25) is 0 Å². The first-order chi connectivity index (χ1) is 15.7. The molecular formula is C25H26IN3O3S. The molecule has 1 N–H and O–H groups in total. The van der Waals surface area contributed by atoms with Gasteiger partial charge in [-0.1, -0.05) is 55.0 Å². The van der Waals surface area contributed by atoms with Gasteiger partial charge in [-0.2, -0.15) is 5.10 Å². The molecule has 0 fully saturated rings. The van der Waals surface area contributed by atoms with E-state index in [0.29, 0.717) is 17.8 Å². The highest BCUT2D eigenvalue weighted by Gasteiger charge is 2.28. The number of nitrogens with one attached hydrogen (secondary N) is 1. The van der Waals surface area contributed by atoms with E-state index >= 15 is 0 Å². The number of amides is 1. The summed E-state index contributed by atoms with van der Waals surface area (Å²) in [6.45, 7) is 5.24. The van der Waals surface area contributed by atoms with E-state index in [1.807, 2.05) is 50.2 Å². The summed E-state index contributed by atoms with van der Waals surface area (Å²) in [6, 6.07) is 21.5. The first kappa shape index (κ1) is 24.9. The maximum Gasteiger partial charge on any atom is 0.264 e. The van der Waals surface area contributed by atoms with Crippen molar-refractivity contribution >= 4 is 49.9 Å². The van der Waals surface area contributed by atoms with Crippen molar-refractivity contribution in [3.63, 3.8) is 0 Å². The fourth-order valence-corrected chi connectivity index (χ4v) is 5.28. The van der Waals surface area contributed by atoms with Crippen molar-refractivity contribution in [1.82, 2.24) is 5.43 Å². The highest BCUT2D eigenvalue weighted by Crippen LogP contribution is 2.27. The number of benzene rings is 3. The summed E-state index contributed by atoms with van der Waals surface area (Å²) in [5, 5.41) is 4.18. The van der Waals surface area contributed by atoms with Gasteiger partial charge in [-0.15, -0.1) is 0 Å². The Labute approximate surface area is 208 Å². The van der Waals surface area contributed by atoms with Crippen LogP contribution < -0.4 is 9.73 Å². The second-order valence-electron chi connectivity index (χ2n) is 7.55. The number of sulfonamides is 1. The third-order valence-corrected chi connectivity index (χ3v) is 7.57. The number of rotatable bonds is 8. The molecule has 0 saturated carbocycles. The third-order valence-electron chi connectivity index (χ3n) is 5.13. The molecule has 3 rings (SSSR count). The zero-order valence-electron chi connectivity index (χ0n) is 18.7. The smallest absolute Gasteiger partial charge is 0.264 e. The molecule has 33 heavy (non-hydrogen) atoms. The Morgan fingerprint density at radius 1 is 1.03 bits per heavy atom. The van der Waals surface area contributed by atoms with E-state index in [9.17, 15) is 13.2 Å². The van der Waals surface area contributed by atoms with Crippen molar-refractivity contribution < 1.29 is 13.2 Å². The highest BCUT2D eigenvalue weighted by atomic mass is 127. The summed E-state index contributed by atoms with van der Waals surface area (Å²) in [5.74, 6) is -0.526. The van der Waals surface area contributed by atoms with Gasteiger partial charge in [-0.25, -0.2) is 13.8 Å². The van der Waals surface area contributed by atoms with Gasteiger partial charge in [-0.3, -0.25) is 9.10 Å². The quantitative estimate of drug-likeness (QED) is 0.236. The number of carbonyl (C=O) groups excluding carboxylic acids is 1. The maximum absolute atomic E-state index is 13.6. The van der Waals surface area contributed by atoms with Crippen LogP contribution in [0, 0.1) is 10.5 Å². The van der Waals surface area contributed by atoms with E-state index < -0.39 is 22.5 Å². The standard InChI is InChI=1S/C25H26IN3O3S/c1-4-20-8-5-6-11-24(20)29(33(31,32)23-14-12-18(2)13-15-23)17-25(30)28-27-19(3)21-9-7-10-22(26)16-21/h5-16H,4,17H2,1-3H3,(H,28,30)/b27-19-. The fraction of sp³-hybridized carbons (Fsp3) is 0.200. The van der Waals surface area contributed by atoms with Gasteiger partial charge in [0.05, 0.1) is 16.3 Å². The lowest BCUT2D eigenvalue weighted by molar-refractivity contribution is -0.119. The molecule has 0 aliphatic heterocycles. The molecule has 0 atom stereocenters. The lowest BCUT2D eigenvalue weighted by Gasteiger charge is -2.26. The average Bonchev–Trinajstić information content (AvgIpc) is 2.81. The molecule has 0 radical (unpaired) electrons. The van der Waals surface area contributed by atoms with Gasteiger partial charge in [0.1, 0.15) is 6.54 Å². The minimum atomic E-state index is -3.97. The van der Waals surface area contributed by atoms with Crippen LogP contribution >= 0.6 is 22.6 Å². The zero-order chi connectivity index (χ0) is 24.0. The topological polar surface area (TPSA) is 78.8 Å². The van der Waals surface area contributed by atoms with Crippen molar-refractivity contribution in [3.8, 4) is 0 Å². The Morgan fingerprint density at radius 3 is 2.39 bits per heavy atom. The van der Waals surface area contributed by atoms with Gasteiger partial charge in [0, 0.05) is 3.57 Å². The SMILES string of the molecule is CCc1ccccc1N(CC(=O)N/N=C(/C)c1cccc(I)c1)S(=O)(=O)c1ccc(C)cc1. The third kappa shape index (κ3) is 6.20. The van der Waals surface area contributed by atoms with Crippen LogP contribution in [0.15, 0.2) is 82.8 Å². The molecule has 8 heteroatoms. The molecule has 0 unspecified atom stereocenters. The molecule has 3 aromatic carbocycles. The number of hydrazone groups is 1. The molecule has 0 bridgehead atoms. The van der Waals surface area contributed by atoms with Crippen molar-refractivity contribution in [2.75, 3.05) is 10.8 Å². The van der Waals surface area contributed by atoms with Gasteiger partial charge < -0.3 is 0 Å². The summed E-state index contributed by atoms with van der Waals surface area (Å²) in [4.78, 5) is 13.0. The van der Waals surface area contributed by atoms with E-state index in [1.54, 1.807) is 43.3 Å². The highest BCUT2D eigenvalue weighted by molar-refractivity contribution is 14.1.